The molecule has 1 aliphatic carbocycles. The Labute approximate surface area is 95.3 Å². The lowest BCUT2D eigenvalue weighted by molar-refractivity contribution is 0.431. The molecule has 0 atom stereocenters. The van der Waals surface area contributed by atoms with Gasteiger partial charge in [-0.25, -0.2) is 9.97 Å². The highest BCUT2D eigenvalue weighted by atomic mass is 15.0. The summed E-state index contributed by atoms with van der Waals surface area (Å²) in [5.41, 5.74) is 3.14. The van der Waals surface area contributed by atoms with E-state index in [0.717, 1.165) is 17.0 Å². The number of hydrogen-bond acceptors (Lipinski definition) is 2. The van der Waals surface area contributed by atoms with Crippen molar-refractivity contribution in [2.75, 3.05) is 0 Å². The molecule has 3 nitrogen and oxygen atoms in total. The van der Waals surface area contributed by atoms with Crippen LogP contribution >= 0.6 is 0 Å². The third-order valence-corrected chi connectivity index (χ3v) is 3.48. The molecular formula is C13H17N3. The molecule has 0 spiro atoms. The van der Waals surface area contributed by atoms with Crippen molar-refractivity contribution in [1.29, 1.82) is 0 Å². The summed E-state index contributed by atoms with van der Waals surface area (Å²) in [4.78, 5) is 12.4. The molecule has 0 aliphatic heterocycles. The number of pyridine rings is 1. The number of aromatic amines is 1. The predicted octanol–water partition coefficient (Wildman–Crippen LogP) is 3.31. The molecule has 2 aromatic heterocycles. The Bertz CT molecular complexity index is 495. The summed E-state index contributed by atoms with van der Waals surface area (Å²) in [6, 6.07) is 2.13. The van der Waals surface area contributed by atoms with E-state index >= 15 is 0 Å². The summed E-state index contributed by atoms with van der Waals surface area (Å²) in [5.74, 6) is 1.77. The van der Waals surface area contributed by atoms with Crippen LogP contribution in [0.5, 0.6) is 0 Å². The van der Waals surface area contributed by atoms with Gasteiger partial charge in [0.1, 0.15) is 5.82 Å². The number of rotatable bonds is 1. The molecule has 1 N–H and O–H groups in total. The standard InChI is InChI=1S/C13H17N3/c1-9-7-11-13(14-8-9)16-12(15-11)10-5-3-2-4-6-10/h7-8,10H,2-6H2,1H3,(H,14,15,16). The first-order valence-electron chi connectivity index (χ1n) is 6.15. The van der Waals surface area contributed by atoms with Crippen LogP contribution in [0.1, 0.15) is 49.4 Å². The van der Waals surface area contributed by atoms with Crippen LogP contribution in [0.25, 0.3) is 11.2 Å². The molecule has 0 aromatic carbocycles. The Kier molecular flexibility index (Phi) is 2.39. The zero-order valence-electron chi connectivity index (χ0n) is 9.66. The molecule has 1 fully saturated rings. The number of aromatic nitrogens is 3. The van der Waals surface area contributed by atoms with Gasteiger partial charge < -0.3 is 4.98 Å². The van der Waals surface area contributed by atoms with Gasteiger partial charge in [0.25, 0.3) is 0 Å². The Hall–Kier alpha value is -1.38. The number of aryl methyl sites for hydroxylation is 1. The van der Waals surface area contributed by atoms with Gasteiger partial charge in [0.2, 0.25) is 0 Å². The smallest absolute Gasteiger partial charge is 0.177 e. The van der Waals surface area contributed by atoms with Crippen molar-refractivity contribution in [1.82, 2.24) is 15.0 Å². The molecule has 2 heterocycles. The summed E-state index contributed by atoms with van der Waals surface area (Å²) in [7, 11) is 0. The van der Waals surface area contributed by atoms with Gasteiger partial charge in [-0.1, -0.05) is 19.3 Å². The molecule has 0 bridgehead atoms. The Morgan fingerprint density at radius 3 is 2.88 bits per heavy atom. The third-order valence-electron chi connectivity index (χ3n) is 3.48. The molecule has 0 amide bonds. The topological polar surface area (TPSA) is 41.6 Å². The van der Waals surface area contributed by atoms with Crippen molar-refractivity contribution in [2.45, 2.75) is 44.9 Å². The predicted molar refractivity (Wildman–Crippen MR) is 64.5 cm³/mol. The third kappa shape index (κ3) is 1.70. The van der Waals surface area contributed by atoms with Gasteiger partial charge in [0.05, 0.1) is 5.52 Å². The average Bonchev–Trinajstić information content (AvgIpc) is 2.73. The van der Waals surface area contributed by atoms with Crippen molar-refractivity contribution in [3.63, 3.8) is 0 Å². The van der Waals surface area contributed by atoms with Gasteiger partial charge in [0, 0.05) is 12.1 Å². The van der Waals surface area contributed by atoms with E-state index in [9.17, 15) is 0 Å². The van der Waals surface area contributed by atoms with E-state index in [1.54, 1.807) is 0 Å². The number of nitrogens with zero attached hydrogens (tertiary/aromatic N) is 2. The summed E-state index contributed by atoms with van der Waals surface area (Å²) in [6.45, 7) is 2.06. The van der Waals surface area contributed by atoms with Crippen molar-refractivity contribution >= 4 is 11.2 Å². The molecule has 0 radical (unpaired) electrons. The maximum Gasteiger partial charge on any atom is 0.177 e. The van der Waals surface area contributed by atoms with Crippen LogP contribution in [0, 0.1) is 6.92 Å². The average molecular weight is 215 g/mol. The van der Waals surface area contributed by atoms with E-state index in [-0.39, 0.29) is 0 Å². The SMILES string of the molecule is Cc1cnc2nc(C3CCCCC3)[nH]c2c1. The van der Waals surface area contributed by atoms with Crippen LogP contribution in [0.2, 0.25) is 0 Å². The second kappa shape index (κ2) is 3.89. The van der Waals surface area contributed by atoms with E-state index in [4.69, 9.17) is 0 Å². The minimum absolute atomic E-state index is 0.628. The van der Waals surface area contributed by atoms with E-state index in [2.05, 4.69) is 27.9 Å². The quantitative estimate of drug-likeness (QED) is 0.792. The Morgan fingerprint density at radius 1 is 1.25 bits per heavy atom. The van der Waals surface area contributed by atoms with Crippen molar-refractivity contribution < 1.29 is 0 Å². The van der Waals surface area contributed by atoms with Crippen molar-refractivity contribution in [2.24, 2.45) is 0 Å². The molecule has 3 rings (SSSR count). The molecule has 3 heteroatoms. The van der Waals surface area contributed by atoms with Crippen LogP contribution in [0.4, 0.5) is 0 Å². The lowest BCUT2D eigenvalue weighted by Crippen LogP contribution is -2.05. The molecule has 1 saturated carbocycles. The number of hydrogen-bond donors (Lipinski definition) is 1. The maximum absolute atomic E-state index is 4.61. The van der Waals surface area contributed by atoms with E-state index in [1.807, 2.05) is 6.20 Å². The van der Waals surface area contributed by atoms with Gasteiger partial charge in [-0.05, 0) is 31.4 Å². The van der Waals surface area contributed by atoms with Crippen molar-refractivity contribution in [3.8, 4) is 0 Å². The first kappa shape index (κ1) is 9.82. The van der Waals surface area contributed by atoms with Gasteiger partial charge in [0.15, 0.2) is 5.65 Å². The highest BCUT2D eigenvalue weighted by Gasteiger charge is 2.18. The summed E-state index contributed by atoms with van der Waals surface area (Å²) >= 11 is 0. The van der Waals surface area contributed by atoms with Gasteiger partial charge in [-0.15, -0.1) is 0 Å². The fourth-order valence-electron chi connectivity index (χ4n) is 2.59. The summed E-state index contributed by atoms with van der Waals surface area (Å²) in [6.07, 6.45) is 8.50. The Morgan fingerprint density at radius 2 is 2.06 bits per heavy atom. The lowest BCUT2D eigenvalue weighted by Gasteiger charge is -2.18. The van der Waals surface area contributed by atoms with Crippen LogP contribution < -0.4 is 0 Å². The van der Waals surface area contributed by atoms with Gasteiger partial charge in [-0.3, -0.25) is 0 Å². The minimum Gasteiger partial charge on any atom is -0.340 e. The van der Waals surface area contributed by atoms with Gasteiger partial charge in [-0.2, -0.15) is 0 Å². The fraction of sp³-hybridized carbons (Fsp3) is 0.538. The highest BCUT2D eigenvalue weighted by Crippen LogP contribution is 2.31. The second-order valence-corrected chi connectivity index (χ2v) is 4.84. The zero-order chi connectivity index (χ0) is 11.0. The normalized spacial score (nSPS) is 18.1. The molecule has 16 heavy (non-hydrogen) atoms. The number of imidazole rings is 1. The van der Waals surface area contributed by atoms with E-state index in [1.165, 1.54) is 37.7 Å². The van der Waals surface area contributed by atoms with Crippen LogP contribution in [-0.2, 0) is 0 Å². The molecular weight excluding hydrogens is 198 g/mol. The number of nitrogens with one attached hydrogen (secondary N) is 1. The molecule has 2 aromatic rings. The lowest BCUT2D eigenvalue weighted by atomic mass is 9.89. The first-order valence-corrected chi connectivity index (χ1v) is 6.15. The van der Waals surface area contributed by atoms with Crippen molar-refractivity contribution in [3.05, 3.63) is 23.7 Å². The molecule has 0 saturated heterocycles. The summed E-state index contributed by atoms with van der Waals surface area (Å²) < 4.78 is 0. The zero-order valence-corrected chi connectivity index (χ0v) is 9.66. The maximum atomic E-state index is 4.61. The monoisotopic (exact) mass is 215 g/mol. The van der Waals surface area contributed by atoms with Crippen LogP contribution in [-0.4, -0.2) is 15.0 Å². The van der Waals surface area contributed by atoms with Gasteiger partial charge >= 0.3 is 0 Å². The Balaban J connectivity index is 1.97. The number of fused-ring (bicyclic) bond motifs is 1. The number of H-pyrrole nitrogens is 1. The molecule has 0 unspecified atom stereocenters. The van der Waals surface area contributed by atoms with Crippen LogP contribution in [0.3, 0.4) is 0 Å². The van der Waals surface area contributed by atoms with Crippen LogP contribution in [0.15, 0.2) is 12.3 Å². The fourth-order valence-corrected chi connectivity index (χ4v) is 2.59. The minimum atomic E-state index is 0.628. The largest absolute Gasteiger partial charge is 0.340 e. The summed E-state index contributed by atoms with van der Waals surface area (Å²) in [5, 5.41) is 0. The highest BCUT2D eigenvalue weighted by molar-refractivity contribution is 5.71. The van der Waals surface area contributed by atoms with E-state index in [0.29, 0.717) is 5.92 Å². The molecule has 84 valence electrons. The second-order valence-electron chi connectivity index (χ2n) is 4.84. The molecule has 1 aliphatic rings. The first-order chi connectivity index (χ1) is 7.83. The van der Waals surface area contributed by atoms with E-state index < -0.39 is 0 Å².